The molecule has 4 nitrogen and oxygen atoms in total. The molecule has 0 saturated carbocycles. The number of hydrogen-bond acceptors (Lipinski definition) is 3. The van der Waals surface area contributed by atoms with Crippen LogP contribution in [0.3, 0.4) is 0 Å². The van der Waals surface area contributed by atoms with Crippen molar-refractivity contribution in [2.45, 2.75) is 6.92 Å². The van der Waals surface area contributed by atoms with Gasteiger partial charge in [-0.1, -0.05) is 11.6 Å². The first-order valence-electron chi connectivity index (χ1n) is 3.22. The van der Waals surface area contributed by atoms with E-state index < -0.39 is 4.92 Å². The topological polar surface area (TPSA) is 69.2 Å². The zero-order valence-corrected chi connectivity index (χ0v) is 7.13. The van der Waals surface area contributed by atoms with Gasteiger partial charge in [0.05, 0.1) is 15.6 Å². The fourth-order valence-corrected chi connectivity index (χ4v) is 1.09. The molecule has 0 heterocycles. The van der Waals surface area contributed by atoms with E-state index in [9.17, 15) is 10.1 Å². The fourth-order valence-electron chi connectivity index (χ4n) is 0.874. The Morgan fingerprint density at radius 3 is 2.67 bits per heavy atom. The Morgan fingerprint density at radius 2 is 2.17 bits per heavy atom. The molecule has 0 spiro atoms. The minimum absolute atomic E-state index is 0.00287. The van der Waals surface area contributed by atoms with E-state index in [1.807, 2.05) is 0 Å². The third-order valence-corrected chi connectivity index (χ3v) is 1.84. The van der Waals surface area contributed by atoms with Crippen molar-refractivity contribution >= 4 is 23.0 Å². The van der Waals surface area contributed by atoms with Gasteiger partial charge in [0.15, 0.2) is 0 Å². The molecule has 0 radical (unpaired) electrons. The third-order valence-electron chi connectivity index (χ3n) is 1.51. The van der Waals surface area contributed by atoms with E-state index in [2.05, 4.69) is 0 Å². The first kappa shape index (κ1) is 8.80. The second-order valence-electron chi connectivity index (χ2n) is 2.42. The molecule has 1 aromatic carbocycles. The molecular formula is C7H7ClN2O2. The highest BCUT2D eigenvalue weighted by Gasteiger charge is 2.12. The lowest BCUT2D eigenvalue weighted by Crippen LogP contribution is -1.94. The van der Waals surface area contributed by atoms with Crippen LogP contribution < -0.4 is 5.73 Å². The number of nitrogens with two attached hydrogens (primary N) is 1. The quantitative estimate of drug-likeness (QED) is 0.415. The summed E-state index contributed by atoms with van der Waals surface area (Å²) >= 11 is 5.64. The molecule has 1 aromatic rings. The number of nitro groups is 1. The van der Waals surface area contributed by atoms with Crippen LogP contribution in [-0.4, -0.2) is 4.92 Å². The summed E-state index contributed by atoms with van der Waals surface area (Å²) < 4.78 is 0. The van der Waals surface area contributed by atoms with Crippen molar-refractivity contribution in [2.24, 2.45) is 0 Å². The van der Waals surface area contributed by atoms with Gasteiger partial charge in [-0.05, 0) is 13.0 Å². The molecule has 0 fully saturated rings. The summed E-state index contributed by atoms with van der Waals surface area (Å²) in [7, 11) is 0. The molecule has 0 aliphatic rings. The molecule has 0 aromatic heterocycles. The number of aryl methyl sites for hydroxylation is 1. The van der Waals surface area contributed by atoms with Crippen LogP contribution in [0.5, 0.6) is 0 Å². The maximum Gasteiger partial charge on any atom is 0.274 e. The van der Waals surface area contributed by atoms with Crippen LogP contribution in [0.1, 0.15) is 5.56 Å². The van der Waals surface area contributed by atoms with Crippen LogP contribution in [0.4, 0.5) is 11.4 Å². The van der Waals surface area contributed by atoms with Crippen LogP contribution in [0.2, 0.25) is 5.02 Å². The van der Waals surface area contributed by atoms with Gasteiger partial charge in [0.2, 0.25) is 0 Å². The molecule has 2 N–H and O–H groups in total. The Balaban J connectivity index is 3.33. The number of hydrogen-bond donors (Lipinski definition) is 1. The zero-order chi connectivity index (χ0) is 9.30. The molecule has 1 rings (SSSR count). The molecule has 0 saturated heterocycles. The van der Waals surface area contributed by atoms with Crippen molar-refractivity contribution < 1.29 is 4.92 Å². The van der Waals surface area contributed by atoms with Gasteiger partial charge in [-0.15, -0.1) is 0 Å². The summed E-state index contributed by atoms with van der Waals surface area (Å²) in [4.78, 5) is 9.91. The number of anilines is 1. The average molecular weight is 187 g/mol. The van der Waals surface area contributed by atoms with Crippen molar-refractivity contribution in [1.29, 1.82) is 0 Å². The summed E-state index contributed by atoms with van der Waals surface area (Å²) in [6, 6.07) is 2.74. The van der Waals surface area contributed by atoms with Gasteiger partial charge >= 0.3 is 0 Å². The maximum atomic E-state index is 10.4. The first-order valence-corrected chi connectivity index (χ1v) is 3.60. The van der Waals surface area contributed by atoms with E-state index in [0.29, 0.717) is 10.6 Å². The summed E-state index contributed by atoms with van der Waals surface area (Å²) in [5.41, 5.74) is 6.13. The van der Waals surface area contributed by atoms with Gasteiger partial charge in [-0.3, -0.25) is 10.1 Å². The first-order chi connectivity index (χ1) is 5.52. The molecule has 0 amide bonds. The molecule has 0 aliphatic carbocycles. The van der Waals surface area contributed by atoms with Crippen LogP contribution in [-0.2, 0) is 0 Å². The number of nitro benzene ring substituents is 1. The van der Waals surface area contributed by atoms with Crippen LogP contribution >= 0.6 is 11.6 Å². The van der Waals surface area contributed by atoms with E-state index in [1.54, 1.807) is 6.92 Å². The Labute approximate surface area is 74.1 Å². The molecule has 0 unspecified atom stereocenters. The van der Waals surface area contributed by atoms with Gasteiger partial charge in [0.25, 0.3) is 5.69 Å². The van der Waals surface area contributed by atoms with E-state index in [1.165, 1.54) is 12.1 Å². The molecule has 5 heteroatoms. The summed E-state index contributed by atoms with van der Waals surface area (Å²) in [5.74, 6) is 0. The van der Waals surface area contributed by atoms with E-state index in [4.69, 9.17) is 17.3 Å². The average Bonchev–Trinajstić information content (AvgIpc) is 1.96. The Kier molecular flexibility index (Phi) is 2.19. The molecule has 0 bridgehead atoms. The largest absolute Gasteiger partial charge is 0.397 e. The van der Waals surface area contributed by atoms with E-state index in [-0.39, 0.29) is 11.4 Å². The van der Waals surface area contributed by atoms with Gasteiger partial charge in [-0.2, -0.15) is 0 Å². The van der Waals surface area contributed by atoms with Crippen molar-refractivity contribution in [2.75, 3.05) is 5.73 Å². The second kappa shape index (κ2) is 2.98. The predicted molar refractivity (Wildman–Crippen MR) is 47.3 cm³/mol. The highest BCUT2D eigenvalue weighted by Crippen LogP contribution is 2.27. The normalized spacial score (nSPS) is 9.83. The molecule has 12 heavy (non-hydrogen) atoms. The van der Waals surface area contributed by atoms with Crippen molar-refractivity contribution in [3.63, 3.8) is 0 Å². The minimum Gasteiger partial charge on any atom is -0.397 e. The lowest BCUT2D eigenvalue weighted by Gasteiger charge is -2.00. The number of nitrogens with zero attached hydrogens (tertiary/aromatic N) is 1. The highest BCUT2D eigenvalue weighted by molar-refractivity contribution is 6.33. The fraction of sp³-hybridized carbons (Fsp3) is 0.143. The Morgan fingerprint density at radius 1 is 1.58 bits per heavy atom. The van der Waals surface area contributed by atoms with Gasteiger partial charge in [-0.25, -0.2) is 0 Å². The SMILES string of the molecule is Cc1cc(Cl)c(N)cc1[N+](=O)[O-]. The van der Waals surface area contributed by atoms with Crippen LogP contribution in [0.15, 0.2) is 12.1 Å². The second-order valence-corrected chi connectivity index (χ2v) is 2.82. The summed E-state index contributed by atoms with van der Waals surface area (Å²) in [6.45, 7) is 1.61. The smallest absolute Gasteiger partial charge is 0.274 e. The molecule has 64 valence electrons. The number of nitrogen functional groups attached to an aromatic ring is 1. The Bertz CT molecular complexity index is 338. The van der Waals surface area contributed by atoms with E-state index >= 15 is 0 Å². The standard InChI is InChI=1S/C7H7ClN2O2/c1-4-2-5(8)6(9)3-7(4)10(11)12/h2-3H,9H2,1H3. The molecule has 0 aliphatic heterocycles. The lowest BCUT2D eigenvalue weighted by molar-refractivity contribution is -0.385. The zero-order valence-electron chi connectivity index (χ0n) is 6.37. The summed E-state index contributed by atoms with van der Waals surface area (Å²) in [6.07, 6.45) is 0. The monoisotopic (exact) mass is 186 g/mol. The number of rotatable bonds is 1. The molecular weight excluding hydrogens is 180 g/mol. The maximum absolute atomic E-state index is 10.4. The van der Waals surface area contributed by atoms with Crippen LogP contribution in [0, 0.1) is 17.0 Å². The van der Waals surface area contributed by atoms with Crippen molar-refractivity contribution in [3.8, 4) is 0 Å². The van der Waals surface area contributed by atoms with Gasteiger partial charge < -0.3 is 5.73 Å². The highest BCUT2D eigenvalue weighted by atomic mass is 35.5. The minimum atomic E-state index is -0.484. The van der Waals surface area contributed by atoms with Crippen LogP contribution in [0.25, 0.3) is 0 Å². The predicted octanol–water partition coefficient (Wildman–Crippen LogP) is 2.14. The summed E-state index contributed by atoms with van der Waals surface area (Å²) in [5, 5.41) is 10.7. The van der Waals surface area contributed by atoms with Crippen molar-refractivity contribution in [3.05, 3.63) is 32.8 Å². The lowest BCUT2D eigenvalue weighted by atomic mass is 10.2. The number of benzene rings is 1. The third kappa shape index (κ3) is 1.48. The van der Waals surface area contributed by atoms with E-state index in [0.717, 1.165) is 0 Å². The van der Waals surface area contributed by atoms with Crippen molar-refractivity contribution in [1.82, 2.24) is 0 Å². The Hall–Kier alpha value is -1.29. The van der Waals surface area contributed by atoms with Gasteiger partial charge in [0, 0.05) is 11.6 Å². The number of halogens is 1. The molecule has 0 atom stereocenters. The van der Waals surface area contributed by atoms with Gasteiger partial charge in [0.1, 0.15) is 0 Å².